The van der Waals surface area contributed by atoms with Crippen LogP contribution in [0.4, 0.5) is 10.1 Å². The molecule has 1 amide bonds. The molecule has 0 aliphatic carbocycles. The summed E-state index contributed by atoms with van der Waals surface area (Å²) >= 11 is 2.59. The molecule has 2 aromatic heterocycles. The van der Waals surface area contributed by atoms with E-state index in [-0.39, 0.29) is 18.8 Å². The Morgan fingerprint density at radius 2 is 2.14 bits per heavy atom. The van der Waals surface area contributed by atoms with Crippen LogP contribution < -0.4 is 20.1 Å². The molecule has 2 heterocycles. The molecule has 29 heavy (non-hydrogen) atoms. The van der Waals surface area contributed by atoms with Crippen molar-refractivity contribution in [2.24, 2.45) is 0 Å². The lowest BCUT2D eigenvalue weighted by molar-refractivity contribution is -0.135. The summed E-state index contributed by atoms with van der Waals surface area (Å²) in [5, 5.41) is 6.32. The third-order valence-corrected chi connectivity index (χ3v) is 5.48. The van der Waals surface area contributed by atoms with Crippen molar-refractivity contribution >= 4 is 52.4 Å². The van der Waals surface area contributed by atoms with E-state index in [1.807, 2.05) is 16.8 Å². The first-order chi connectivity index (χ1) is 14.0. The minimum atomic E-state index is -0.602. The van der Waals surface area contributed by atoms with E-state index < -0.39 is 23.3 Å². The highest BCUT2D eigenvalue weighted by molar-refractivity contribution is 7.08. The number of ether oxygens (including phenoxy) is 1. The van der Waals surface area contributed by atoms with Gasteiger partial charge in [0.15, 0.2) is 0 Å². The zero-order valence-electron chi connectivity index (χ0n) is 15.4. The number of amides is 1. The third-order valence-electron chi connectivity index (χ3n) is 3.72. The van der Waals surface area contributed by atoms with Gasteiger partial charge in [0.05, 0.1) is 17.2 Å². The normalized spacial score (nSPS) is 12.2. The first kappa shape index (κ1) is 20.7. The van der Waals surface area contributed by atoms with E-state index in [0.29, 0.717) is 9.20 Å². The van der Waals surface area contributed by atoms with E-state index in [0.717, 1.165) is 16.9 Å². The van der Waals surface area contributed by atoms with E-state index in [4.69, 9.17) is 4.74 Å². The minimum absolute atomic E-state index is 0.193. The van der Waals surface area contributed by atoms with Crippen LogP contribution in [0.1, 0.15) is 12.5 Å². The van der Waals surface area contributed by atoms with Gasteiger partial charge in [0, 0.05) is 5.69 Å². The zero-order chi connectivity index (χ0) is 20.8. The molecule has 0 fully saturated rings. The van der Waals surface area contributed by atoms with Gasteiger partial charge in [-0.3, -0.25) is 14.2 Å². The van der Waals surface area contributed by atoms with Crippen LogP contribution >= 0.6 is 22.7 Å². The first-order valence-corrected chi connectivity index (χ1v) is 10.4. The number of hydrogen-bond donors (Lipinski definition) is 1. The largest absolute Gasteiger partial charge is 0.463 e. The van der Waals surface area contributed by atoms with Crippen LogP contribution in [0, 0.1) is 5.82 Å². The second-order valence-electron chi connectivity index (χ2n) is 5.85. The smallest absolute Gasteiger partial charge is 0.333 e. The van der Waals surface area contributed by atoms with Crippen molar-refractivity contribution in [1.82, 2.24) is 4.57 Å². The monoisotopic (exact) mass is 432 g/mol. The van der Waals surface area contributed by atoms with Crippen LogP contribution in [0.5, 0.6) is 0 Å². The van der Waals surface area contributed by atoms with Gasteiger partial charge in [-0.2, -0.15) is 11.3 Å². The van der Waals surface area contributed by atoms with Crippen LogP contribution in [0.3, 0.4) is 0 Å². The van der Waals surface area contributed by atoms with Gasteiger partial charge in [-0.1, -0.05) is 6.07 Å². The number of carbonyl (C=O) groups is 2. The van der Waals surface area contributed by atoms with Gasteiger partial charge >= 0.3 is 5.97 Å². The Kier molecular flexibility index (Phi) is 6.73. The Morgan fingerprint density at radius 3 is 2.83 bits per heavy atom. The Labute approximate surface area is 173 Å². The molecular weight excluding hydrogens is 415 g/mol. The maximum atomic E-state index is 13.3. The average Bonchev–Trinajstić information content (AvgIpc) is 3.26. The van der Waals surface area contributed by atoms with Crippen LogP contribution in [-0.4, -0.2) is 23.1 Å². The summed E-state index contributed by atoms with van der Waals surface area (Å²) < 4.78 is 20.1. The number of nitrogens with one attached hydrogen (secondary N) is 1. The molecule has 3 rings (SSSR count). The highest BCUT2D eigenvalue weighted by Gasteiger charge is 2.12. The van der Waals surface area contributed by atoms with Gasteiger partial charge in [0.1, 0.15) is 17.0 Å². The number of nitrogens with zero attached hydrogens (tertiary/aromatic N) is 1. The number of aromatic nitrogens is 1. The fourth-order valence-electron chi connectivity index (χ4n) is 2.50. The number of hydrogen-bond acceptors (Lipinski definition) is 6. The Balaban J connectivity index is 1.97. The lowest BCUT2D eigenvalue weighted by atomic mass is 10.3. The topological polar surface area (TPSA) is 77.4 Å². The number of anilines is 1. The maximum absolute atomic E-state index is 13.3. The van der Waals surface area contributed by atoms with Crippen molar-refractivity contribution in [3.8, 4) is 0 Å². The lowest BCUT2D eigenvalue weighted by Gasteiger charge is -2.06. The summed E-state index contributed by atoms with van der Waals surface area (Å²) in [5.74, 6) is -1.61. The molecule has 0 aliphatic heterocycles. The molecule has 0 aliphatic rings. The fourth-order valence-corrected chi connectivity index (χ4v) is 4.15. The molecule has 0 saturated carbocycles. The predicted octanol–water partition coefficient (Wildman–Crippen LogP) is 1.92. The van der Waals surface area contributed by atoms with E-state index in [9.17, 15) is 18.8 Å². The van der Waals surface area contributed by atoms with E-state index in [2.05, 4.69) is 5.32 Å². The minimum Gasteiger partial charge on any atom is -0.463 e. The summed E-state index contributed by atoms with van der Waals surface area (Å²) in [5.41, 5.74) is 0.734. The molecule has 0 spiro atoms. The highest BCUT2D eigenvalue weighted by Crippen LogP contribution is 2.09. The van der Waals surface area contributed by atoms with E-state index in [1.165, 1.54) is 40.2 Å². The number of esters is 1. The molecule has 1 aromatic carbocycles. The highest BCUT2D eigenvalue weighted by atomic mass is 32.1. The number of thiazole rings is 1. The van der Waals surface area contributed by atoms with E-state index in [1.54, 1.807) is 19.1 Å². The van der Waals surface area contributed by atoms with Crippen molar-refractivity contribution in [2.75, 3.05) is 11.9 Å². The Hall–Kier alpha value is -3.04. The van der Waals surface area contributed by atoms with Gasteiger partial charge in [-0.15, -0.1) is 11.3 Å². The number of benzene rings is 1. The molecule has 0 bridgehead atoms. The SMILES string of the molecule is CCOC(=O)/C=c1\s/c(=C\c2ccsc2)c(=O)n1CC(=O)Nc1cccc(F)c1. The summed E-state index contributed by atoms with van der Waals surface area (Å²) in [7, 11) is 0. The molecule has 0 unspecified atom stereocenters. The van der Waals surface area contributed by atoms with Crippen molar-refractivity contribution in [3.05, 3.63) is 72.0 Å². The quantitative estimate of drug-likeness (QED) is 0.604. The van der Waals surface area contributed by atoms with Gasteiger partial charge in [-0.05, 0) is 53.6 Å². The Morgan fingerprint density at radius 1 is 1.31 bits per heavy atom. The molecule has 1 N–H and O–H groups in total. The second kappa shape index (κ2) is 9.44. The summed E-state index contributed by atoms with van der Waals surface area (Å²) in [6, 6.07) is 7.31. The molecule has 6 nitrogen and oxygen atoms in total. The molecule has 3 aromatic rings. The molecule has 150 valence electrons. The summed E-state index contributed by atoms with van der Waals surface area (Å²) in [6.45, 7) is 1.54. The third kappa shape index (κ3) is 5.49. The fraction of sp³-hybridized carbons (Fsp3) is 0.150. The van der Waals surface area contributed by atoms with Gasteiger partial charge < -0.3 is 10.1 Å². The van der Waals surface area contributed by atoms with Crippen molar-refractivity contribution in [2.45, 2.75) is 13.5 Å². The summed E-state index contributed by atoms with van der Waals surface area (Å²) in [6.07, 6.45) is 2.89. The number of thiophene rings is 1. The van der Waals surface area contributed by atoms with Crippen molar-refractivity contribution in [3.63, 3.8) is 0 Å². The standard InChI is InChI=1S/C20H17FN2O4S2/c1-2-27-19(25)10-18-23(11-17(24)22-15-5-3-4-14(21)9-15)20(26)16(29-18)8-13-6-7-28-12-13/h3-10,12H,2,11H2,1H3,(H,22,24)/b16-8-,18-10-. The van der Waals surface area contributed by atoms with Crippen LogP contribution in [0.25, 0.3) is 12.2 Å². The molecule has 9 heteroatoms. The van der Waals surface area contributed by atoms with E-state index >= 15 is 0 Å². The zero-order valence-corrected chi connectivity index (χ0v) is 17.0. The number of rotatable bonds is 6. The maximum Gasteiger partial charge on any atom is 0.333 e. The molecule has 0 atom stereocenters. The van der Waals surface area contributed by atoms with Crippen LogP contribution in [0.2, 0.25) is 0 Å². The number of carbonyl (C=O) groups excluding carboxylic acids is 2. The van der Waals surface area contributed by atoms with Crippen LogP contribution in [0.15, 0.2) is 45.9 Å². The summed E-state index contributed by atoms with van der Waals surface area (Å²) in [4.78, 5) is 37.1. The van der Waals surface area contributed by atoms with Crippen molar-refractivity contribution < 1.29 is 18.7 Å². The van der Waals surface area contributed by atoms with Gasteiger partial charge in [0.25, 0.3) is 5.56 Å². The molecule has 0 radical (unpaired) electrons. The predicted molar refractivity (Wildman–Crippen MR) is 112 cm³/mol. The van der Waals surface area contributed by atoms with Crippen molar-refractivity contribution in [1.29, 1.82) is 0 Å². The average molecular weight is 432 g/mol. The number of halogens is 1. The second-order valence-corrected chi connectivity index (χ2v) is 7.69. The van der Waals surface area contributed by atoms with Gasteiger partial charge in [-0.25, -0.2) is 9.18 Å². The van der Waals surface area contributed by atoms with Crippen LogP contribution in [-0.2, 0) is 20.9 Å². The lowest BCUT2D eigenvalue weighted by Crippen LogP contribution is -2.36. The molecular formula is C20H17FN2O4S2. The Bertz CT molecular complexity index is 1200. The molecule has 0 saturated heterocycles. The first-order valence-electron chi connectivity index (χ1n) is 8.63. The van der Waals surface area contributed by atoms with Gasteiger partial charge in [0.2, 0.25) is 5.91 Å².